The van der Waals surface area contributed by atoms with Gasteiger partial charge in [-0.2, -0.15) is 4.98 Å². The highest BCUT2D eigenvalue weighted by atomic mass is 16.5. The summed E-state index contributed by atoms with van der Waals surface area (Å²) in [6, 6.07) is 0. The van der Waals surface area contributed by atoms with Crippen molar-refractivity contribution in [2.24, 2.45) is 11.8 Å². The Balaban J connectivity index is 1.81. The number of aromatic nitrogens is 2. The topological polar surface area (TPSA) is 62.4 Å². The molecule has 5 heteroatoms. The summed E-state index contributed by atoms with van der Waals surface area (Å²) in [4.78, 5) is 6.60. The second-order valence-corrected chi connectivity index (χ2v) is 6.51. The third-order valence-corrected chi connectivity index (χ3v) is 3.92. The molecule has 114 valence electrons. The third kappa shape index (κ3) is 4.56. The van der Waals surface area contributed by atoms with Gasteiger partial charge in [-0.1, -0.05) is 31.8 Å². The molecule has 5 nitrogen and oxygen atoms in total. The van der Waals surface area contributed by atoms with E-state index in [0.717, 1.165) is 43.9 Å². The number of hydrogen-bond acceptors (Lipinski definition) is 5. The zero-order valence-corrected chi connectivity index (χ0v) is 12.9. The van der Waals surface area contributed by atoms with Gasteiger partial charge in [0.25, 0.3) is 0 Å². The lowest BCUT2D eigenvalue weighted by atomic mass is 9.86. The molecule has 1 heterocycles. The molecule has 1 saturated carbocycles. The van der Waals surface area contributed by atoms with Crippen molar-refractivity contribution >= 4 is 0 Å². The van der Waals surface area contributed by atoms with Gasteiger partial charge in [0.05, 0.1) is 12.6 Å². The van der Waals surface area contributed by atoms with Crippen LogP contribution in [0.25, 0.3) is 0 Å². The lowest BCUT2D eigenvalue weighted by Gasteiger charge is -2.30. The summed E-state index contributed by atoms with van der Waals surface area (Å²) in [5, 5.41) is 14.0. The van der Waals surface area contributed by atoms with Crippen molar-refractivity contribution in [3.05, 3.63) is 11.7 Å². The average Bonchev–Trinajstić information content (AvgIpc) is 2.78. The average molecular weight is 281 g/mol. The number of rotatable bonds is 6. The molecule has 2 rings (SSSR count). The fraction of sp³-hybridized carbons (Fsp3) is 0.867. The number of nitrogens with zero attached hydrogens (tertiary/aromatic N) is 3. The fourth-order valence-corrected chi connectivity index (χ4v) is 2.89. The Kier molecular flexibility index (Phi) is 5.54. The van der Waals surface area contributed by atoms with Gasteiger partial charge in [0.1, 0.15) is 0 Å². The molecule has 0 spiro atoms. The first kappa shape index (κ1) is 15.4. The van der Waals surface area contributed by atoms with E-state index in [0.29, 0.717) is 18.4 Å². The molecule has 0 bridgehead atoms. The van der Waals surface area contributed by atoms with E-state index in [1.165, 1.54) is 6.42 Å². The Bertz CT molecular complexity index is 406. The minimum absolute atomic E-state index is 0.145. The molecule has 2 unspecified atom stereocenters. The Morgan fingerprint density at radius 3 is 2.80 bits per heavy atom. The number of aliphatic hydroxyl groups excluding tert-OH is 1. The SMILES string of the molecule is CC(C)Cc1nc(CN(C)CC2CCCCC2O)no1. The van der Waals surface area contributed by atoms with Crippen LogP contribution in [0.5, 0.6) is 0 Å². The Hall–Kier alpha value is -0.940. The van der Waals surface area contributed by atoms with Crippen LogP contribution in [0, 0.1) is 11.8 Å². The monoisotopic (exact) mass is 281 g/mol. The van der Waals surface area contributed by atoms with Crippen LogP contribution in [0.4, 0.5) is 0 Å². The van der Waals surface area contributed by atoms with Gasteiger partial charge in [-0.05, 0) is 31.7 Å². The first-order valence-electron chi connectivity index (χ1n) is 7.72. The van der Waals surface area contributed by atoms with Crippen molar-refractivity contribution in [3.63, 3.8) is 0 Å². The van der Waals surface area contributed by atoms with Crippen LogP contribution in [0.1, 0.15) is 51.2 Å². The molecule has 2 atom stereocenters. The van der Waals surface area contributed by atoms with Crippen LogP contribution in [-0.2, 0) is 13.0 Å². The van der Waals surface area contributed by atoms with E-state index in [9.17, 15) is 5.11 Å². The van der Waals surface area contributed by atoms with Crippen LogP contribution in [-0.4, -0.2) is 39.8 Å². The third-order valence-electron chi connectivity index (χ3n) is 3.92. The van der Waals surface area contributed by atoms with Crippen molar-refractivity contribution in [2.45, 2.75) is 58.6 Å². The Labute approximate surface area is 121 Å². The van der Waals surface area contributed by atoms with Crippen LogP contribution < -0.4 is 0 Å². The molecule has 0 amide bonds. The normalized spacial score (nSPS) is 23.7. The molecule has 1 N–H and O–H groups in total. The van der Waals surface area contributed by atoms with E-state index in [1.807, 2.05) is 0 Å². The van der Waals surface area contributed by atoms with Crippen LogP contribution in [0.15, 0.2) is 4.52 Å². The highest BCUT2D eigenvalue weighted by Gasteiger charge is 2.24. The smallest absolute Gasteiger partial charge is 0.226 e. The van der Waals surface area contributed by atoms with Gasteiger partial charge in [-0.15, -0.1) is 0 Å². The first-order valence-corrected chi connectivity index (χ1v) is 7.72. The van der Waals surface area contributed by atoms with Gasteiger partial charge in [0.15, 0.2) is 5.82 Å². The lowest BCUT2D eigenvalue weighted by Crippen LogP contribution is -2.34. The van der Waals surface area contributed by atoms with Crippen LogP contribution >= 0.6 is 0 Å². The maximum atomic E-state index is 10.0. The van der Waals surface area contributed by atoms with Crippen molar-refractivity contribution in [1.82, 2.24) is 15.0 Å². The maximum Gasteiger partial charge on any atom is 0.226 e. The summed E-state index contributed by atoms with van der Waals surface area (Å²) in [7, 11) is 2.06. The van der Waals surface area contributed by atoms with E-state index in [-0.39, 0.29) is 6.10 Å². The number of hydrogen-bond donors (Lipinski definition) is 1. The highest BCUT2D eigenvalue weighted by molar-refractivity contribution is 4.87. The largest absolute Gasteiger partial charge is 0.393 e. The van der Waals surface area contributed by atoms with Crippen LogP contribution in [0.2, 0.25) is 0 Å². The van der Waals surface area contributed by atoms with Gasteiger partial charge in [0, 0.05) is 13.0 Å². The first-order chi connectivity index (χ1) is 9.54. The molecule has 1 aliphatic rings. The molecule has 1 aromatic rings. The second-order valence-electron chi connectivity index (χ2n) is 6.51. The standard InChI is InChI=1S/C15H27N3O2/c1-11(2)8-15-16-14(17-20-15)10-18(3)9-12-6-4-5-7-13(12)19/h11-13,19H,4-10H2,1-3H3. The zero-order valence-electron chi connectivity index (χ0n) is 12.9. The predicted octanol–water partition coefficient (Wildman–Crippen LogP) is 2.25. The summed E-state index contributed by atoms with van der Waals surface area (Å²) in [6.45, 7) is 5.86. The van der Waals surface area contributed by atoms with E-state index in [4.69, 9.17) is 4.52 Å². The molecule has 0 aromatic carbocycles. The maximum absolute atomic E-state index is 10.0. The van der Waals surface area contributed by atoms with Crippen LogP contribution in [0.3, 0.4) is 0 Å². The minimum Gasteiger partial charge on any atom is -0.393 e. The zero-order chi connectivity index (χ0) is 14.5. The van der Waals surface area contributed by atoms with E-state index in [1.54, 1.807) is 0 Å². The summed E-state index contributed by atoms with van der Waals surface area (Å²) in [6.07, 6.45) is 5.14. The van der Waals surface area contributed by atoms with Gasteiger partial charge in [-0.3, -0.25) is 4.90 Å². The van der Waals surface area contributed by atoms with Crippen molar-refractivity contribution < 1.29 is 9.63 Å². The van der Waals surface area contributed by atoms with E-state index in [2.05, 4.69) is 35.9 Å². The van der Waals surface area contributed by atoms with Crippen molar-refractivity contribution in [2.75, 3.05) is 13.6 Å². The molecule has 1 fully saturated rings. The molecular weight excluding hydrogens is 254 g/mol. The van der Waals surface area contributed by atoms with Gasteiger partial charge >= 0.3 is 0 Å². The Morgan fingerprint density at radius 1 is 1.35 bits per heavy atom. The summed E-state index contributed by atoms with van der Waals surface area (Å²) in [5.74, 6) is 2.38. The summed E-state index contributed by atoms with van der Waals surface area (Å²) < 4.78 is 5.25. The molecule has 0 saturated heterocycles. The molecule has 0 aliphatic heterocycles. The number of aliphatic hydroxyl groups is 1. The lowest BCUT2D eigenvalue weighted by molar-refractivity contribution is 0.0496. The highest BCUT2D eigenvalue weighted by Crippen LogP contribution is 2.25. The second kappa shape index (κ2) is 7.18. The molecular formula is C15H27N3O2. The van der Waals surface area contributed by atoms with Gasteiger partial charge in [-0.25, -0.2) is 0 Å². The minimum atomic E-state index is -0.145. The molecule has 0 radical (unpaired) electrons. The quantitative estimate of drug-likeness (QED) is 0.866. The Morgan fingerprint density at radius 2 is 2.10 bits per heavy atom. The van der Waals surface area contributed by atoms with Gasteiger partial charge in [0.2, 0.25) is 5.89 Å². The molecule has 20 heavy (non-hydrogen) atoms. The van der Waals surface area contributed by atoms with Crippen molar-refractivity contribution in [1.29, 1.82) is 0 Å². The fourth-order valence-electron chi connectivity index (χ4n) is 2.89. The van der Waals surface area contributed by atoms with E-state index < -0.39 is 0 Å². The molecule has 1 aliphatic carbocycles. The summed E-state index contributed by atoms with van der Waals surface area (Å²) in [5.41, 5.74) is 0. The van der Waals surface area contributed by atoms with Gasteiger partial charge < -0.3 is 9.63 Å². The molecule has 1 aromatic heterocycles. The van der Waals surface area contributed by atoms with E-state index >= 15 is 0 Å². The summed E-state index contributed by atoms with van der Waals surface area (Å²) >= 11 is 0. The van der Waals surface area contributed by atoms with Crippen molar-refractivity contribution in [3.8, 4) is 0 Å². The predicted molar refractivity (Wildman–Crippen MR) is 77.1 cm³/mol.